The maximum absolute atomic E-state index is 13.9. The summed E-state index contributed by atoms with van der Waals surface area (Å²) in [4.78, 5) is 18.9. The number of fused-ring (bicyclic) bond motifs is 1. The molecule has 0 saturated carbocycles. The summed E-state index contributed by atoms with van der Waals surface area (Å²) in [5.74, 6) is -1.41. The maximum atomic E-state index is 13.9. The first kappa shape index (κ1) is 26.8. The number of aromatic hydroxyl groups is 1. The zero-order valence-electron chi connectivity index (χ0n) is 22.1. The van der Waals surface area contributed by atoms with Crippen LogP contribution in [0.2, 0.25) is 0 Å². The van der Waals surface area contributed by atoms with Crippen molar-refractivity contribution in [3.63, 3.8) is 0 Å². The number of aliphatic imine (C=N–C) groups is 1. The number of aliphatic carboxylic acids is 1. The van der Waals surface area contributed by atoms with Crippen molar-refractivity contribution in [3.05, 3.63) is 131 Å². The number of carbonyl (C=O) groups is 1. The van der Waals surface area contributed by atoms with Crippen molar-refractivity contribution in [2.75, 3.05) is 0 Å². The third-order valence-electron chi connectivity index (χ3n) is 6.89. The Morgan fingerprint density at radius 1 is 0.950 bits per heavy atom. The van der Waals surface area contributed by atoms with Crippen LogP contribution in [0.5, 0.6) is 5.88 Å². The van der Waals surface area contributed by atoms with E-state index in [0.29, 0.717) is 39.8 Å². The predicted octanol–water partition coefficient (Wildman–Crippen LogP) is 7.05. The third kappa shape index (κ3) is 6.27. The zero-order chi connectivity index (χ0) is 28.1. The smallest absolute Gasteiger partial charge is 0.303 e. The van der Waals surface area contributed by atoms with Gasteiger partial charge in [0.1, 0.15) is 5.82 Å². The van der Waals surface area contributed by atoms with Crippen molar-refractivity contribution >= 4 is 28.3 Å². The maximum Gasteiger partial charge on any atom is 0.303 e. The van der Waals surface area contributed by atoms with Gasteiger partial charge in [0.2, 0.25) is 0 Å². The molecule has 40 heavy (non-hydrogen) atoms. The Hall–Kier alpha value is -4.75. The molecule has 4 aromatic carbocycles. The van der Waals surface area contributed by atoms with Crippen molar-refractivity contribution < 1.29 is 19.4 Å². The molecule has 1 atom stereocenters. The molecule has 0 saturated heterocycles. The number of halogens is 1. The van der Waals surface area contributed by atoms with Crippen LogP contribution in [0.3, 0.4) is 0 Å². The largest absolute Gasteiger partial charge is 0.494 e. The van der Waals surface area contributed by atoms with Crippen LogP contribution in [0.15, 0.2) is 102 Å². The average Bonchev–Trinajstić information content (AvgIpc) is 3.28. The Labute approximate surface area is 231 Å². The lowest BCUT2D eigenvalue weighted by atomic mass is 9.97. The van der Waals surface area contributed by atoms with E-state index in [1.165, 1.54) is 17.7 Å². The van der Waals surface area contributed by atoms with Gasteiger partial charge in [0.25, 0.3) is 0 Å². The van der Waals surface area contributed by atoms with E-state index in [1.807, 2.05) is 66.7 Å². The quantitative estimate of drug-likeness (QED) is 0.144. The normalized spacial score (nSPS) is 12.5. The lowest BCUT2D eigenvalue weighted by Crippen LogP contribution is -2.17. The number of hydrogen-bond acceptors (Lipinski definition) is 4. The summed E-state index contributed by atoms with van der Waals surface area (Å²) in [5.41, 5.74) is 5.96. The van der Waals surface area contributed by atoms with Gasteiger partial charge >= 0.3 is 5.97 Å². The first-order chi connectivity index (χ1) is 19.4. The van der Waals surface area contributed by atoms with Crippen LogP contribution in [-0.2, 0) is 17.8 Å². The lowest BCUT2D eigenvalue weighted by molar-refractivity contribution is -0.136. The molecule has 0 aliphatic heterocycles. The summed E-state index contributed by atoms with van der Waals surface area (Å²) in [6.45, 7) is 2.86. The van der Waals surface area contributed by atoms with E-state index < -0.39 is 11.8 Å². The van der Waals surface area contributed by atoms with E-state index in [2.05, 4.69) is 29.4 Å². The highest BCUT2D eigenvalue weighted by Crippen LogP contribution is 2.32. The number of rotatable bonds is 10. The first-order valence-electron chi connectivity index (χ1n) is 13.1. The van der Waals surface area contributed by atoms with Crippen molar-refractivity contribution in [1.82, 2.24) is 10.3 Å². The van der Waals surface area contributed by atoms with Crippen molar-refractivity contribution in [1.29, 1.82) is 0 Å². The minimum Gasteiger partial charge on any atom is -0.494 e. The molecule has 0 aliphatic carbocycles. The number of aryl methyl sites for hydroxylation is 1. The van der Waals surface area contributed by atoms with Crippen LogP contribution in [0.25, 0.3) is 10.9 Å². The standard InChI is InChI=1S/C33H30FN3O3/c1-21(35-20-23-6-3-2-4-7-23)24-11-14-27(15-12-24)36-32(25-9-5-8-22(18-25)10-17-30(38)39)31-28-16-13-26(34)19-29(28)37-33(31)40/h2-9,11-16,18-19,21,35,37,40H,10,17,20H2,1H3,(H,38,39). The molecule has 0 aliphatic rings. The van der Waals surface area contributed by atoms with E-state index in [4.69, 9.17) is 10.1 Å². The van der Waals surface area contributed by atoms with Crippen LogP contribution in [0, 0.1) is 5.82 Å². The van der Waals surface area contributed by atoms with Gasteiger partial charge in [0, 0.05) is 30.0 Å². The molecule has 7 heteroatoms. The third-order valence-corrected chi connectivity index (χ3v) is 6.89. The number of hydrogen-bond donors (Lipinski definition) is 4. The first-order valence-corrected chi connectivity index (χ1v) is 13.1. The number of aromatic amines is 1. The topological polar surface area (TPSA) is 97.7 Å². The number of H-pyrrole nitrogens is 1. The highest BCUT2D eigenvalue weighted by atomic mass is 19.1. The number of aromatic nitrogens is 1. The highest BCUT2D eigenvalue weighted by molar-refractivity contribution is 6.21. The summed E-state index contributed by atoms with van der Waals surface area (Å²) in [7, 11) is 0. The highest BCUT2D eigenvalue weighted by Gasteiger charge is 2.20. The van der Waals surface area contributed by atoms with Gasteiger partial charge in [0.05, 0.1) is 22.5 Å². The van der Waals surface area contributed by atoms with Crippen molar-refractivity contribution in [3.8, 4) is 5.88 Å². The summed E-state index contributed by atoms with van der Waals surface area (Å²) in [6, 6.07) is 30.0. The second-order valence-electron chi connectivity index (χ2n) is 9.77. The van der Waals surface area contributed by atoms with Crippen LogP contribution in [0.4, 0.5) is 10.1 Å². The fourth-order valence-electron chi connectivity index (χ4n) is 4.74. The predicted molar refractivity (Wildman–Crippen MR) is 156 cm³/mol. The molecule has 202 valence electrons. The van der Waals surface area contributed by atoms with Gasteiger partial charge in [-0.25, -0.2) is 9.38 Å². The molecule has 5 aromatic rings. The van der Waals surface area contributed by atoms with E-state index in [1.54, 1.807) is 6.07 Å². The Morgan fingerprint density at radius 2 is 1.70 bits per heavy atom. The number of nitrogens with zero attached hydrogens (tertiary/aromatic N) is 1. The molecule has 5 rings (SSSR count). The minimum atomic E-state index is -0.872. The number of nitrogens with one attached hydrogen (secondary N) is 2. The van der Waals surface area contributed by atoms with Gasteiger partial charge in [-0.2, -0.15) is 0 Å². The Morgan fingerprint density at radius 3 is 2.45 bits per heavy atom. The molecule has 1 aromatic heterocycles. The van der Waals surface area contributed by atoms with Gasteiger partial charge in [0.15, 0.2) is 5.88 Å². The fraction of sp³-hybridized carbons (Fsp3) is 0.152. The van der Waals surface area contributed by atoms with Crippen molar-refractivity contribution in [2.45, 2.75) is 32.4 Å². The van der Waals surface area contributed by atoms with Crippen LogP contribution < -0.4 is 5.32 Å². The second kappa shape index (κ2) is 12.0. The van der Waals surface area contributed by atoms with E-state index in [0.717, 1.165) is 17.7 Å². The summed E-state index contributed by atoms with van der Waals surface area (Å²) >= 11 is 0. The van der Waals surface area contributed by atoms with Crippen LogP contribution in [-0.4, -0.2) is 26.9 Å². The fourth-order valence-corrected chi connectivity index (χ4v) is 4.74. The van der Waals surface area contributed by atoms with E-state index >= 15 is 0 Å². The summed E-state index contributed by atoms with van der Waals surface area (Å²) < 4.78 is 13.9. The molecule has 1 unspecified atom stereocenters. The molecule has 1 heterocycles. The Bertz CT molecular complexity index is 1660. The summed E-state index contributed by atoms with van der Waals surface area (Å²) in [6.07, 6.45) is 0.371. The molecular formula is C33H30FN3O3. The zero-order valence-corrected chi connectivity index (χ0v) is 22.1. The Kier molecular flexibility index (Phi) is 8.03. The monoisotopic (exact) mass is 535 g/mol. The average molecular weight is 536 g/mol. The molecular weight excluding hydrogens is 505 g/mol. The Balaban J connectivity index is 1.50. The summed E-state index contributed by atoms with van der Waals surface area (Å²) in [5, 5.41) is 24.2. The molecule has 0 radical (unpaired) electrons. The molecule has 0 bridgehead atoms. The number of carboxylic acids is 1. The van der Waals surface area contributed by atoms with Gasteiger partial charge in [-0.05, 0) is 66.4 Å². The molecule has 0 spiro atoms. The van der Waals surface area contributed by atoms with Crippen LogP contribution in [0.1, 0.15) is 47.2 Å². The SMILES string of the molecule is CC(NCc1ccccc1)c1ccc(N=C(c2cccc(CCC(=O)O)c2)c2c(O)[nH]c3cc(F)ccc23)cc1. The molecule has 0 fully saturated rings. The van der Waals surface area contributed by atoms with Gasteiger partial charge in [-0.1, -0.05) is 60.7 Å². The van der Waals surface area contributed by atoms with Gasteiger partial charge < -0.3 is 20.5 Å². The number of carboxylic acid groups (broad SMARTS) is 1. The van der Waals surface area contributed by atoms with Gasteiger partial charge in [-0.3, -0.25) is 4.79 Å². The number of benzene rings is 4. The second-order valence-corrected chi connectivity index (χ2v) is 9.77. The van der Waals surface area contributed by atoms with E-state index in [-0.39, 0.29) is 18.3 Å². The molecule has 6 nitrogen and oxygen atoms in total. The van der Waals surface area contributed by atoms with E-state index in [9.17, 15) is 14.3 Å². The minimum absolute atomic E-state index is 0.00545. The molecule has 0 amide bonds. The molecule has 4 N–H and O–H groups in total. The van der Waals surface area contributed by atoms with Crippen LogP contribution >= 0.6 is 0 Å². The van der Waals surface area contributed by atoms with Crippen molar-refractivity contribution in [2.24, 2.45) is 4.99 Å². The lowest BCUT2D eigenvalue weighted by Gasteiger charge is -2.15. The van der Waals surface area contributed by atoms with Gasteiger partial charge in [-0.15, -0.1) is 0 Å².